The van der Waals surface area contributed by atoms with Crippen LogP contribution < -0.4 is 0 Å². The van der Waals surface area contributed by atoms with Gasteiger partial charge in [0.25, 0.3) is 0 Å². The highest BCUT2D eigenvalue weighted by Crippen LogP contribution is 2.24. The van der Waals surface area contributed by atoms with E-state index >= 15 is 0 Å². The summed E-state index contributed by atoms with van der Waals surface area (Å²) in [6.07, 6.45) is 1.81. The van der Waals surface area contributed by atoms with Gasteiger partial charge in [-0.05, 0) is 32.2 Å². The number of aromatic nitrogens is 2. The van der Waals surface area contributed by atoms with Crippen LogP contribution in [0.1, 0.15) is 22.3 Å². The Morgan fingerprint density at radius 2 is 1.96 bits per heavy atom. The van der Waals surface area contributed by atoms with Gasteiger partial charge >= 0.3 is 0 Å². The van der Waals surface area contributed by atoms with Crippen LogP contribution in [0.25, 0.3) is 21.1 Å². The van der Waals surface area contributed by atoms with Crippen LogP contribution >= 0.6 is 11.3 Å². The molecule has 0 radical (unpaired) electrons. The minimum absolute atomic E-state index is 0.126. The van der Waals surface area contributed by atoms with Crippen LogP contribution in [-0.4, -0.2) is 33.7 Å². The lowest BCUT2D eigenvalue weighted by atomic mass is 10.0. The first-order valence-corrected chi connectivity index (χ1v) is 9.10. The molecule has 0 spiro atoms. The Kier molecular flexibility index (Phi) is 4.11. The van der Waals surface area contributed by atoms with E-state index in [0.29, 0.717) is 6.54 Å². The van der Waals surface area contributed by atoms with Gasteiger partial charge in [-0.3, -0.25) is 9.69 Å². The molecular weight excluding hydrogens is 330 g/mol. The number of likely N-dealkylation sites (N-methyl/N-ethyl adjacent to an activating group) is 1. The first kappa shape index (κ1) is 16.0. The van der Waals surface area contributed by atoms with Crippen molar-refractivity contribution >= 4 is 38.2 Å². The van der Waals surface area contributed by atoms with Gasteiger partial charge in [-0.2, -0.15) is 0 Å². The average Bonchev–Trinajstić information content (AvgIpc) is 3.23. The summed E-state index contributed by atoms with van der Waals surface area (Å²) < 4.78 is 1.18. The zero-order valence-corrected chi connectivity index (χ0v) is 15.0. The third-order valence-corrected chi connectivity index (χ3v) is 5.64. The number of benzene rings is 2. The Labute approximate surface area is 150 Å². The zero-order valence-electron chi connectivity index (χ0n) is 14.2. The lowest BCUT2D eigenvalue weighted by Crippen LogP contribution is -2.35. The van der Waals surface area contributed by atoms with Crippen LogP contribution in [0, 0.1) is 0 Å². The molecule has 0 fully saturated rings. The van der Waals surface area contributed by atoms with Crippen molar-refractivity contribution in [2.24, 2.45) is 0 Å². The Balaban J connectivity index is 1.55. The number of thiazole rings is 1. The number of nitrogens with zero attached hydrogens (tertiary/aromatic N) is 2. The summed E-state index contributed by atoms with van der Waals surface area (Å²) in [5, 5.41) is 2.01. The SMILES string of the molecule is C[C@H](C(=O)c1c[nH]c2ccccc12)N(C)Cc1nc2ccccc2s1. The van der Waals surface area contributed by atoms with Crippen LogP contribution in [0.2, 0.25) is 0 Å². The van der Waals surface area contributed by atoms with Gasteiger partial charge < -0.3 is 4.98 Å². The Morgan fingerprint density at radius 1 is 1.20 bits per heavy atom. The number of hydrogen-bond acceptors (Lipinski definition) is 4. The first-order chi connectivity index (χ1) is 12.1. The molecule has 1 N–H and O–H groups in total. The fourth-order valence-electron chi connectivity index (χ4n) is 3.04. The minimum atomic E-state index is -0.216. The molecule has 0 amide bonds. The van der Waals surface area contributed by atoms with E-state index in [1.54, 1.807) is 11.3 Å². The topological polar surface area (TPSA) is 49.0 Å². The highest BCUT2D eigenvalue weighted by Gasteiger charge is 2.23. The van der Waals surface area contributed by atoms with E-state index in [4.69, 9.17) is 0 Å². The molecule has 0 saturated heterocycles. The van der Waals surface area contributed by atoms with E-state index in [1.165, 1.54) is 4.70 Å². The summed E-state index contributed by atoms with van der Waals surface area (Å²) in [5.41, 5.74) is 2.76. The number of rotatable bonds is 5. The van der Waals surface area contributed by atoms with Crippen molar-refractivity contribution in [3.05, 3.63) is 65.3 Å². The predicted molar refractivity (Wildman–Crippen MR) is 103 cm³/mol. The number of aromatic amines is 1. The van der Waals surface area contributed by atoms with Crippen LogP contribution in [0.15, 0.2) is 54.7 Å². The number of carbonyl (C=O) groups is 1. The normalized spacial score (nSPS) is 12.9. The summed E-state index contributed by atoms with van der Waals surface area (Å²) in [4.78, 5) is 22.8. The van der Waals surface area contributed by atoms with Gasteiger partial charge in [0.15, 0.2) is 5.78 Å². The molecular formula is C20H19N3OS. The third kappa shape index (κ3) is 2.97. The average molecular weight is 349 g/mol. The molecule has 0 unspecified atom stereocenters. The fraction of sp³-hybridized carbons (Fsp3) is 0.200. The molecule has 2 aromatic carbocycles. The van der Waals surface area contributed by atoms with Gasteiger partial charge in [-0.25, -0.2) is 4.98 Å². The smallest absolute Gasteiger partial charge is 0.181 e. The molecule has 4 nitrogen and oxygen atoms in total. The van der Waals surface area contributed by atoms with Gasteiger partial charge in [0.1, 0.15) is 5.01 Å². The monoisotopic (exact) mass is 349 g/mol. The standard InChI is InChI=1S/C20H19N3OS/c1-13(20(24)15-11-21-16-8-4-3-7-14(15)16)23(2)12-19-22-17-9-5-6-10-18(17)25-19/h3-11,13,21H,12H2,1-2H3/t13-/m1/s1. The Bertz CT molecular complexity index is 1020. The molecule has 4 aromatic rings. The number of ketones is 1. The van der Waals surface area contributed by atoms with Crippen molar-refractivity contribution < 1.29 is 4.79 Å². The largest absolute Gasteiger partial charge is 0.360 e. The second kappa shape index (κ2) is 6.43. The highest BCUT2D eigenvalue weighted by atomic mass is 32.1. The van der Waals surface area contributed by atoms with Gasteiger partial charge in [-0.1, -0.05) is 30.3 Å². The van der Waals surface area contributed by atoms with Crippen LogP contribution in [0.5, 0.6) is 0 Å². The Hall–Kier alpha value is -2.50. The molecule has 0 aliphatic rings. The second-order valence-corrected chi connectivity index (χ2v) is 7.39. The van der Waals surface area contributed by atoms with Gasteiger partial charge in [0.05, 0.1) is 22.8 Å². The molecule has 126 valence electrons. The number of fused-ring (bicyclic) bond motifs is 2. The summed E-state index contributed by atoms with van der Waals surface area (Å²) in [5.74, 6) is 0.126. The molecule has 0 aliphatic heterocycles. The van der Waals surface area contributed by atoms with Crippen LogP contribution in [0.3, 0.4) is 0 Å². The lowest BCUT2D eigenvalue weighted by molar-refractivity contribution is 0.0864. The highest BCUT2D eigenvalue weighted by molar-refractivity contribution is 7.18. The molecule has 0 saturated carbocycles. The van der Waals surface area contributed by atoms with Crippen molar-refractivity contribution in [1.82, 2.24) is 14.9 Å². The molecule has 0 aliphatic carbocycles. The van der Waals surface area contributed by atoms with Crippen molar-refractivity contribution in [3.63, 3.8) is 0 Å². The zero-order chi connectivity index (χ0) is 17.4. The summed E-state index contributed by atoms with van der Waals surface area (Å²) in [6.45, 7) is 2.62. The summed E-state index contributed by atoms with van der Waals surface area (Å²) in [7, 11) is 1.98. The molecule has 5 heteroatoms. The molecule has 0 bridgehead atoms. The van der Waals surface area contributed by atoms with Crippen molar-refractivity contribution in [2.75, 3.05) is 7.05 Å². The quantitative estimate of drug-likeness (QED) is 0.540. The van der Waals surface area contributed by atoms with E-state index in [0.717, 1.165) is 27.0 Å². The predicted octanol–water partition coefficient (Wildman–Crippen LogP) is 4.48. The summed E-state index contributed by atoms with van der Waals surface area (Å²) in [6, 6.07) is 15.8. The third-order valence-electron chi connectivity index (χ3n) is 4.62. The molecule has 4 rings (SSSR count). The molecule has 2 aromatic heterocycles. The van der Waals surface area contributed by atoms with E-state index in [9.17, 15) is 4.79 Å². The number of Topliss-reactive ketones (excluding diaryl/α,β-unsaturated/α-hetero) is 1. The van der Waals surface area contributed by atoms with E-state index in [-0.39, 0.29) is 11.8 Å². The fourth-order valence-corrected chi connectivity index (χ4v) is 4.07. The van der Waals surface area contributed by atoms with Gasteiger partial charge in [-0.15, -0.1) is 11.3 Å². The number of para-hydroxylation sites is 2. The van der Waals surface area contributed by atoms with Crippen LogP contribution in [-0.2, 0) is 6.54 Å². The second-order valence-electron chi connectivity index (χ2n) is 6.28. The van der Waals surface area contributed by atoms with Crippen molar-refractivity contribution in [1.29, 1.82) is 0 Å². The van der Waals surface area contributed by atoms with Gasteiger partial charge in [0.2, 0.25) is 0 Å². The van der Waals surface area contributed by atoms with E-state index in [2.05, 4.69) is 20.9 Å². The number of H-pyrrole nitrogens is 1. The van der Waals surface area contributed by atoms with Gasteiger partial charge in [0, 0.05) is 22.7 Å². The maximum Gasteiger partial charge on any atom is 0.181 e. The van der Waals surface area contributed by atoms with Crippen molar-refractivity contribution in [2.45, 2.75) is 19.5 Å². The number of nitrogens with one attached hydrogen (secondary N) is 1. The van der Waals surface area contributed by atoms with E-state index in [1.807, 2.05) is 62.6 Å². The maximum absolute atomic E-state index is 12.9. The molecule has 1 atom stereocenters. The summed E-state index contributed by atoms with van der Waals surface area (Å²) >= 11 is 1.68. The van der Waals surface area contributed by atoms with Crippen molar-refractivity contribution in [3.8, 4) is 0 Å². The lowest BCUT2D eigenvalue weighted by Gasteiger charge is -2.22. The Morgan fingerprint density at radius 3 is 2.80 bits per heavy atom. The first-order valence-electron chi connectivity index (χ1n) is 8.28. The maximum atomic E-state index is 12.9. The number of hydrogen-bond donors (Lipinski definition) is 1. The number of carbonyl (C=O) groups excluding carboxylic acids is 1. The minimum Gasteiger partial charge on any atom is -0.360 e. The molecule has 25 heavy (non-hydrogen) atoms. The van der Waals surface area contributed by atoms with Crippen LogP contribution in [0.4, 0.5) is 0 Å². The van der Waals surface area contributed by atoms with E-state index < -0.39 is 0 Å². The molecule has 2 heterocycles.